The van der Waals surface area contributed by atoms with E-state index in [0.717, 1.165) is 5.75 Å². The van der Waals surface area contributed by atoms with E-state index in [9.17, 15) is 9.59 Å². The van der Waals surface area contributed by atoms with Gasteiger partial charge in [-0.3, -0.25) is 9.48 Å². The van der Waals surface area contributed by atoms with Gasteiger partial charge in [-0.25, -0.2) is 4.79 Å². The van der Waals surface area contributed by atoms with E-state index in [1.54, 1.807) is 24.3 Å². The minimum absolute atomic E-state index is 0.155. The molecule has 22 heavy (non-hydrogen) atoms. The Labute approximate surface area is 127 Å². The van der Waals surface area contributed by atoms with Crippen LogP contribution in [0.15, 0.2) is 36.5 Å². The molecule has 7 nitrogen and oxygen atoms in total. The maximum atomic E-state index is 12.1. The van der Waals surface area contributed by atoms with Gasteiger partial charge in [0.2, 0.25) is 0 Å². The van der Waals surface area contributed by atoms with Gasteiger partial charge in [-0.2, -0.15) is 5.10 Å². The van der Waals surface area contributed by atoms with Crippen LogP contribution in [0.2, 0.25) is 0 Å². The summed E-state index contributed by atoms with van der Waals surface area (Å²) in [5, 5.41) is 15.6. The second-order valence-electron chi connectivity index (χ2n) is 4.61. The minimum Gasteiger partial charge on any atom is -0.494 e. The summed E-state index contributed by atoms with van der Waals surface area (Å²) in [6.45, 7) is 3.96. The molecule has 0 saturated heterocycles. The number of carboxylic acids is 1. The fourth-order valence-corrected chi connectivity index (χ4v) is 1.78. The number of amides is 1. The Morgan fingerprint density at radius 1 is 1.32 bits per heavy atom. The molecule has 2 N–H and O–H groups in total. The summed E-state index contributed by atoms with van der Waals surface area (Å²) in [7, 11) is 0. The number of rotatable bonds is 6. The summed E-state index contributed by atoms with van der Waals surface area (Å²) in [4.78, 5) is 22.9. The Bertz CT molecular complexity index is 664. The molecule has 1 unspecified atom stereocenters. The van der Waals surface area contributed by atoms with Crippen molar-refractivity contribution < 1.29 is 19.4 Å². The average molecular weight is 303 g/mol. The molecule has 1 atom stereocenters. The third-order valence-corrected chi connectivity index (χ3v) is 3.02. The molecular formula is C15H17N3O4. The van der Waals surface area contributed by atoms with Crippen LogP contribution < -0.4 is 10.1 Å². The lowest BCUT2D eigenvalue weighted by atomic mass is 10.3. The van der Waals surface area contributed by atoms with E-state index in [4.69, 9.17) is 9.84 Å². The molecule has 116 valence electrons. The molecule has 0 spiro atoms. The van der Waals surface area contributed by atoms with Crippen molar-refractivity contribution in [1.29, 1.82) is 0 Å². The van der Waals surface area contributed by atoms with Gasteiger partial charge in [-0.05, 0) is 44.2 Å². The smallest absolute Gasteiger partial charge is 0.328 e. The standard InChI is InChI=1S/C15H17N3O4/c1-3-22-12-6-4-11(5-7-12)16-14(19)13-8-9-18(17-13)10(2)15(20)21/h4-10H,3H2,1-2H3,(H,16,19)(H,20,21). The number of benzene rings is 1. The first-order chi connectivity index (χ1) is 10.5. The van der Waals surface area contributed by atoms with Crippen LogP contribution in [0.3, 0.4) is 0 Å². The lowest BCUT2D eigenvalue weighted by molar-refractivity contribution is -0.140. The van der Waals surface area contributed by atoms with Gasteiger partial charge in [-0.1, -0.05) is 0 Å². The molecule has 1 amide bonds. The number of carboxylic acid groups (broad SMARTS) is 1. The molecule has 2 rings (SSSR count). The first kappa shape index (κ1) is 15.6. The topological polar surface area (TPSA) is 93.5 Å². The summed E-state index contributed by atoms with van der Waals surface area (Å²) < 4.78 is 6.55. The number of nitrogens with zero attached hydrogens (tertiary/aromatic N) is 2. The maximum Gasteiger partial charge on any atom is 0.328 e. The fraction of sp³-hybridized carbons (Fsp3) is 0.267. The fourth-order valence-electron chi connectivity index (χ4n) is 1.78. The summed E-state index contributed by atoms with van der Waals surface area (Å²) in [6, 6.07) is 7.60. The number of carbonyl (C=O) groups is 2. The zero-order valence-corrected chi connectivity index (χ0v) is 12.3. The molecule has 1 aromatic heterocycles. The van der Waals surface area contributed by atoms with Crippen molar-refractivity contribution in [3.8, 4) is 5.75 Å². The predicted octanol–water partition coefficient (Wildman–Crippen LogP) is 2.18. The molecule has 0 radical (unpaired) electrons. The quantitative estimate of drug-likeness (QED) is 0.853. The lowest BCUT2D eigenvalue weighted by Crippen LogP contribution is -2.18. The zero-order chi connectivity index (χ0) is 16.1. The second kappa shape index (κ2) is 6.75. The van der Waals surface area contributed by atoms with Gasteiger partial charge in [-0.15, -0.1) is 0 Å². The van der Waals surface area contributed by atoms with Gasteiger partial charge in [0.1, 0.15) is 11.8 Å². The van der Waals surface area contributed by atoms with Crippen LogP contribution >= 0.6 is 0 Å². The molecule has 0 aliphatic rings. The van der Waals surface area contributed by atoms with Crippen LogP contribution in [0.25, 0.3) is 0 Å². The van der Waals surface area contributed by atoms with Crippen molar-refractivity contribution in [2.75, 3.05) is 11.9 Å². The molecule has 0 saturated carbocycles. The zero-order valence-electron chi connectivity index (χ0n) is 12.3. The van der Waals surface area contributed by atoms with Crippen LogP contribution in [0.4, 0.5) is 5.69 Å². The molecule has 0 fully saturated rings. The molecule has 7 heteroatoms. The van der Waals surface area contributed by atoms with Gasteiger partial charge < -0.3 is 15.2 Å². The van der Waals surface area contributed by atoms with E-state index in [1.807, 2.05) is 6.92 Å². The van der Waals surface area contributed by atoms with Crippen molar-refractivity contribution in [1.82, 2.24) is 9.78 Å². The van der Waals surface area contributed by atoms with Crippen LogP contribution in [-0.2, 0) is 4.79 Å². The average Bonchev–Trinajstić information content (AvgIpc) is 2.98. The summed E-state index contributed by atoms with van der Waals surface area (Å²) >= 11 is 0. The molecular weight excluding hydrogens is 286 g/mol. The largest absolute Gasteiger partial charge is 0.494 e. The van der Waals surface area contributed by atoms with Crippen molar-refractivity contribution in [2.24, 2.45) is 0 Å². The highest BCUT2D eigenvalue weighted by Gasteiger charge is 2.16. The number of nitrogens with one attached hydrogen (secondary N) is 1. The van der Waals surface area contributed by atoms with Crippen LogP contribution in [-0.4, -0.2) is 33.4 Å². The third-order valence-electron chi connectivity index (χ3n) is 3.02. The highest BCUT2D eigenvalue weighted by atomic mass is 16.5. The van der Waals surface area contributed by atoms with E-state index < -0.39 is 17.9 Å². The molecule has 0 aliphatic carbocycles. The highest BCUT2D eigenvalue weighted by Crippen LogP contribution is 2.16. The third kappa shape index (κ3) is 3.63. The van der Waals surface area contributed by atoms with E-state index in [1.165, 1.54) is 23.9 Å². The lowest BCUT2D eigenvalue weighted by Gasteiger charge is -2.07. The van der Waals surface area contributed by atoms with E-state index >= 15 is 0 Å². The minimum atomic E-state index is -1.01. The second-order valence-corrected chi connectivity index (χ2v) is 4.61. The SMILES string of the molecule is CCOc1ccc(NC(=O)c2ccn(C(C)C(=O)O)n2)cc1. The Morgan fingerprint density at radius 2 is 2.00 bits per heavy atom. The molecule has 0 aliphatic heterocycles. The van der Waals surface area contributed by atoms with E-state index in [0.29, 0.717) is 12.3 Å². The number of aliphatic carboxylic acids is 1. The van der Waals surface area contributed by atoms with Gasteiger partial charge >= 0.3 is 5.97 Å². The van der Waals surface area contributed by atoms with Crippen molar-refractivity contribution in [3.63, 3.8) is 0 Å². The van der Waals surface area contributed by atoms with Gasteiger partial charge in [0.05, 0.1) is 6.61 Å². The van der Waals surface area contributed by atoms with Crippen molar-refractivity contribution in [2.45, 2.75) is 19.9 Å². The molecule has 1 aromatic carbocycles. The predicted molar refractivity (Wildman–Crippen MR) is 80.1 cm³/mol. The first-order valence-corrected chi connectivity index (χ1v) is 6.83. The van der Waals surface area contributed by atoms with Crippen molar-refractivity contribution >= 4 is 17.6 Å². The number of aromatic nitrogens is 2. The Kier molecular flexibility index (Phi) is 4.77. The molecule has 0 bridgehead atoms. The Balaban J connectivity index is 2.04. The number of carbonyl (C=O) groups excluding carboxylic acids is 1. The summed E-state index contributed by atoms with van der Waals surface area (Å²) in [6.07, 6.45) is 1.46. The van der Waals surface area contributed by atoms with Gasteiger partial charge in [0.25, 0.3) is 5.91 Å². The normalized spacial score (nSPS) is 11.7. The van der Waals surface area contributed by atoms with E-state index in [2.05, 4.69) is 10.4 Å². The Hall–Kier alpha value is -2.83. The highest BCUT2D eigenvalue weighted by molar-refractivity contribution is 6.02. The van der Waals surface area contributed by atoms with Crippen molar-refractivity contribution in [3.05, 3.63) is 42.2 Å². The maximum absolute atomic E-state index is 12.1. The first-order valence-electron chi connectivity index (χ1n) is 6.83. The number of hydrogen-bond acceptors (Lipinski definition) is 4. The summed E-state index contributed by atoms with van der Waals surface area (Å²) in [5.74, 6) is -0.692. The summed E-state index contributed by atoms with van der Waals surface area (Å²) in [5.41, 5.74) is 0.760. The van der Waals surface area contributed by atoms with Crippen LogP contribution in [0.1, 0.15) is 30.4 Å². The van der Waals surface area contributed by atoms with E-state index in [-0.39, 0.29) is 5.69 Å². The van der Waals surface area contributed by atoms with Crippen LogP contribution in [0.5, 0.6) is 5.75 Å². The van der Waals surface area contributed by atoms with Crippen LogP contribution in [0, 0.1) is 0 Å². The van der Waals surface area contributed by atoms with Gasteiger partial charge in [0, 0.05) is 11.9 Å². The Morgan fingerprint density at radius 3 is 2.59 bits per heavy atom. The number of ether oxygens (including phenoxy) is 1. The number of anilines is 1. The monoisotopic (exact) mass is 303 g/mol. The molecule has 1 heterocycles. The number of hydrogen-bond donors (Lipinski definition) is 2. The molecule has 2 aromatic rings. The van der Waals surface area contributed by atoms with Gasteiger partial charge in [0.15, 0.2) is 5.69 Å².